The molecule has 0 spiro atoms. The first-order valence-corrected chi connectivity index (χ1v) is 19.3. The summed E-state index contributed by atoms with van der Waals surface area (Å²) >= 11 is 0. The average Bonchev–Trinajstić information content (AvgIpc) is 3.01. The van der Waals surface area contributed by atoms with Crippen molar-refractivity contribution in [2.75, 3.05) is 19.8 Å². The van der Waals surface area contributed by atoms with Crippen molar-refractivity contribution in [2.45, 2.75) is 172 Å². The van der Waals surface area contributed by atoms with Crippen LogP contribution in [-0.4, -0.2) is 61.0 Å². The molecule has 0 amide bonds. The molecule has 0 unspecified atom stereocenters. The van der Waals surface area contributed by atoms with Gasteiger partial charge in [-0.25, -0.2) is 0 Å². The molecule has 0 saturated heterocycles. The van der Waals surface area contributed by atoms with Gasteiger partial charge in [0.1, 0.15) is 18.9 Å². The first-order chi connectivity index (χ1) is 23.7. The van der Waals surface area contributed by atoms with E-state index in [1.54, 1.807) is 20.8 Å². The molecule has 2 aliphatic carbocycles. The van der Waals surface area contributed by atoms with Crippen molar-refractivity contribution in [1.29, 1.82) is 0 Å². The molecule has 2 aliphatic rings. The fourth-order valence-corrected chi connectivity index (χ4v) is 6.30. The van der Waals surface area contributed by atoms with Gasteiger partial charge in [0.25, 0.3) is 0 Å². The second-order valence-corrected chi connectivity index (χ2v) is 15.8. The SMILES string of the molecule is C=C[C@@H](C)CCC=C(C)C.CCOC(=O)CC(=O)OCC.CCOC(=O)CC(=O)O[C@@H](C)[C@@H]1CCCC(C)(C)C1.C[C@H](O)[C@@H]1CCCC(C)(C)C1. The topological polar surface area (TPSA) is 125 Å². The zero-order chi connectivity index (χ0) is 39.6. The largest absolute Gasteiger partial charge is 0.466 e. The number of rotatable bonds is 14. The average molecular weight is 725 g/mol. The number of hydrogen-bond acceptors (Lipinski definition) is 9. The maximum atomic E-state index is 11.6. The second-order valence-electron chi connectivity index (χ2n) is 15.8. The van der Waals surface area contributed by atoms with Gasteiger partial charge in [-0.1, -0.05) is 65.2 Å². The number of carbonyl (C=O) groups excluding carboxylic acids is 4. The summed E-state index contributed by atoms with van der Waals surface area (Å²) in [6.07, 6.45) is 15.5. The number of hydrogen-bond donors (Lipinski definition) is 1. The van der Waals surface area contributed by atoms with Gasteiger partial charge in [0.2, 0.25) is 0 Å². The molecule has 0 aromatic carbocycles. The smallest absolute Gasteiger partial charge is 0.317 e. The molecule has 2 fully saturated rings. The summed E-state index contributed by atoms with van der Waals surface area (Å²) in [5.41, 5.74) is 2.21. The molecule has 2 saturated carbocycles. The van der Waals surface area contributed by atoms with Gasteiger partial charge < -0.3 is 24.1 Å². The van der Waals surface area contributed by atoms with E-state index in [2.05, 4.69) is 70.6 Å². The minimum Gasteiger partial charge on any atom is -0.466 e. The molecule has 9 heteroatoms. The molecule has 5 atom stereocenters. The first-order valence-electron chi connectivity index (χ1n) is 19.3. The predicted octanol–water partition coefficient (Wildman–Crippen LogP) is 9.73. The summed E-state index contributed by atoms with van der Waals surface area (Å²) in [6, 6.07) is 0. The van der Waals surface area contributed by atoms with Gasteiger partial charge in [-0.05, 0) is 128 Å². The van der Waals surface area contributed by atoms with Crippen LogP contribution in [0.25, 0.3) is 0 Å². The Bertz CT molecular complexity index is 1010. The Balaban J connectivity index is 0. The lowest BCUT2D eigenvalue weighted by atomic mass is 9.71. The third-order valence-electron chi connectivity index (χ3n) is 9.22. The monoisotopic (exact) mass is 725 g/mol. The van der Waals surface area contributed by atoms with E-state index in [9.17, 15) is 24.3 Å². The van der Waals surface area contributed by atoms with Gasteiger partial charge in [-0.15, -0.1) is 6.58 Å². The van der Waals surface area contributed by atoms with Crippen molar-refractivity contribution in [1.82, 2.24) is 0 Å². The lowest BCUT2D eigenvalue weighted by Gasteiger charge is -2.37. The van der Waals surface area contributed by atoms with Crippen molar-refractivity contribution in [3.8, 4) is 0 Å². The van der Waals surface area contributed by atoms with Crippen molar-refractivity contribution in [3.63, 3.8) is 0 Å². The van der Waals surface area contributed by atoms with Crippen LogP contribution < -0.4 is 0 Å². The fraction of sp³-hybridized carbons (Fsp3) is 0.810. The fourth-order valence-electron chi connectivity index (χ4n) is 6.30. The molecule has 0 aromatic rings. The van der Waals surface area contributed by atoms with E-state index in [-0.39, 0.29) is 38.3 Å². The van der Waals surface area contributed by atoms with Gasteiger partial charge in [0.05, 0.1) is 25.9 Å². The quantitative estimate of drug-likeness (QED) is 0.0807. The van der Waals surface area contributed by atoms with E-state index < -0.39 is 23.9 Å². The van der Waals surface area contributed by atoms with E-state index in [1.807, 2.05) is 19.9 Å². The Hall–Kier alpha value is -2.68. The van der Waals surface area contributed by atoms with Crippen molar-refractivity contribution < 1.29 is 43.2 Å². The molecule has 0 aromatic heterocycles. The zero-order valence-electron chi connectivity index (χ0n) is 34.6. The molecule has 9 nitrogen and oxygen atoms in total. The van der Waals surface area contributed by atoms with Crippen LogP contribution in [0.5, 0.6) is 0 Å². The zero-order valence-corrected chi connectivity index (χ0v) is 34.6. The number of ether oxygens (including phenoxy) is 4. The molecular weight excluding hydrogens is 648 g/mol. The maximum absolute atomic E-state index is 11.6. The van der Waals surface area contributed by atoms with E-state index in [0.717, 1.165) is 12.8 Å². The van der Waals surface area contributed by atoms with Crippen LogP contribution in [0, 0.1) is 28.6 Å². The lowest BCUT2D eigenvalue weighted by molar-refractivity contribution is -0.160. The normalized spacial score (nSPS) is 20.3. The van der Waals surface area contributed by atoms with Gasteiger partial charge in [0.15, 0.2) is 0 Å². The Morgan fingerprint density at radius 2 is 1.16 bits per heavy atom. The van der Waals surface area contributed by atoms with Crippen LogP contribution in [0.1, 0.15) is 160 Å². The number of carbonyl (C=O) groups is 4. The van der Waals surface area contributed by atoms with E-state index >= 15 is 0 Å². The maximum Gasteiger partial charge on any atom is 0.317 e. The van der Waals surface area contributed by atoms with Gasteiger partial charge in [-0.2, -0.15) is 0 Å². The van der Waals surface area contributed by atoms with Gasteiger partial charge in [0, 0.05) is 0 Å². The van der Waals surface area contributed by atoms with Crippen molar-refractivity contribution in [2.24, 2.45) is 28.6 Å². The third-order valence-corrected chi connectivity index (χ3v) is 9.22. The standard InChI is InChI=1S/C15H26O4.C10H20O.C10H18.C7H12O4/c1-5-18-13(16)9-14(17)19-11(2)12-7-6-8-15(3,4)10-12;1-8(11)9-5-4-6-10(2,3)7-9;1-5-10(4)8-6-7-9(2)3;1-3-10-6(8)5-7(9)11-4-2/h11-12H,5-10H2,1-4H3;8-9,11H,4-7H2,1-3H3;5,7,10H,1,6,8H2,2-4H3;3-5H2,1-2H3/t11-,12+;8-,9+;10-;/m001./s1. The highest BCUT2D eigenvalue weighted by Crippen LogP contribution is 2.41. The Kier molecular flexibility index (Phi) is 27.6. The molecule has 2 rings (SSSR count). The minimum absolute atomic E-state index is 0.102. The summed E-state index contributed by atoms with van der Waals surface area (Å²) in [5.74, 6) is -0.445. The molecule has 0 radical (unpaired) electrons. The molecule has 0 bridgehead atoms. The number of aliphatic hydroxyl groups excluding tert-OH is 1. The number of aliphatic hydroxyl groups is 1. The first kappa shape index (κ1) is 50.4. The molecular formula is C42H76O9. The Morgan fingerprint density at radius 3 is 1.51 bits per heavy atom. The molecule has 1 N–H and O–H groups in total. The van der Waals surface area contributed by atoms with Crippen LogP contribution >= 0.6 is 0 Å². The summed E-state index contributed by atoms with van der Waals surface area (Å²) in [6.45, 7) is 29.1. The molecule has 0 aliphatic heterocycles. The highest BCUT2D eigenvalue weighted by molar-refractivity contribution is 5.91. The highest BCUT2D eigenvalue weighted by atomic mass is 16.6. The van der Waals surface area contributed by atoms with Crippen LogP contribution in [-0.2, 0) is 38.1 Å². The summed E-state index contributed by atoms with van der Waals surface area (Å²) < 4.78 is 19.1. The summed E-state index contributed by atoms with van der Waals surface area (Å²) in [4.78, 5) is 44.0. The second kappa shape index (κ2) is 27.9. The van der Waals surface area contributed by atoms with Crippen LogP contribution in [0.2, 0.25) is 0 Å². The molecule has 0 heterocycles. The predicted molar refractivity (Wildman–Crippen MR) is 206 cm³/mol. The van der Waals surface area contributed by atoms with Crippen molar-refractivity contribution >= 4 is 23.9 Å². The minimum atomic E-state index is -0.536. The Labute approximate surface area is 311 Å². The highest BCUT2D eigenvalue weighted by Gasteiger charge is 2.33. The molecule has 51 heavy (non-hydrogen) atoms. The van der Waals surface area contributed by atoms with Crippen molar-refractivity contribution in [3.05, 3.63) is 24.3 Å². The third kappa shape index (κ3) is 28.6. The van der Waals surface area contributed by atoms with E-state index in [4.69, 9.17) is 9.47 Å². The number of allylic oxidation sites excluding steroid dienone is 3. The van der Waals surface area contributed by atoms with E-state index in [0.29, 0.717) is 35.2 Å². The summed E-state index contributed by atoms with van der Waals surface area (Å²) in [7, 11) is 0. The van der Waals surface area contributed by atoms with Crippen LogP contribution in [0.4, 0.5) is 0 Å². The molecule has 298 valence electrons. The van der Waals surface area contributed by atoms with Gasteiger partial charge in [-0.3, -0.25) is 19.2 Å². The summed E-state index contributed by atoms with van der Waals surface area (Å²) in [5, 5.41) is 9.41. The Morgan fingerprint density at radius 1 is 0.745 bits per heavy atom. The lowest BCUT2D eigenvalue weighted by Crippen LogP contribution is -2.32. The van der Waals surface area contributed by atoms with E-state index in [1.165, 1.54) is 56.9 Å². The van der Waals surface area contributed by atoms with Crippen LogP contribution in [0.15, 0.2) is 24.3 Å². The number of esters is 4. The van der Waals surface area contributed by atoms with Gasteiger partial charge >= 0.3 is 23.9 Å². The van der Waals surface area contributed by atoms with Crippen LogP contribution in [0.3, 0.4) is 0 Å².